The Kier molecular flexibility index (Phi) is 4.44. The number of amides is 1. The van der Waals surface area contributed by atoms with Crippen molar-refractivity contribution in [1.82, 2.24) is 9.97 Å². The molecular weight excluding hydrogens is 350 g/mol. The van der Waals surface area contributed by atoms with Gasteiger partial charge in [0.1, 0.15) is 11.6 Å². The van der Waals surface area contributed by atoms with Crippen molar-refractivity contribution in [3.8, 4) is 0 Å². The Morgan fingerprint density at radius 1 is 1.23 bits per heavy atom. The molecule has 2 aromatic rings. The third kappa shape index (κ3) is 3.09. The standard InChI is InChI=1S/C19H22ClN5O/c1-11-6-8-25(9-7-11)19-23-17(21)16-13(10-15(26)22-18(16)24-19)12-4-2-3-5-14(12)20/h2-5,11,13H,6-10H2,1H3,(H3,21,22,23,24,26). The molecule has 1 aromatic heterocycles. The summed E-state index contributed by atoms with van der Waals surface area (Å²) in [6, 6.07) is 7.53. The van der Waals surface area contributed by atoms with Crippen molar-refractivity contribution in [1.29, 1.82) is 0 Å². The van der Waals surface area contributed by atoms with E-state index in [1.54, 1.807) is 0 Å². The summed E-state index contributed by atoms with van der Waals surface area (Å²) in [6.45, 7) is 4.07. The predicted octanol–water partition coefficient (Wildman–Crippen LogP) is 3.42. The van der Waals surface area contributed by atoms with Gasteiger partial charge in [0.2, 0.25) is 11.9 Å². The number of carbonyl (C=O) groups excluding carboxylic acids is 1. The van der Waals surface area contributed by atoms with Crippen LogP contribution in [0.3, 0.4) is 0 Å². The van der Waals surface area contributed by atoms with Crippen LogP contribution in [0.1, 0.15) is 43.2 Å². The molecule has 3 N–H and O–H groups in total. The number of fused-ring (bicyclic) bond motifs is 1. The minimum absolute atomic E-state index is 0.0845. The number of nitrogens with zero attached hydrogens (tertiary/aromatic N) is 3. The molecule has 0 aliphatic carbocycles. The summed E-state index contributed by atoms with van der Waals surface area (Å²) >= 11 is 6.37. The minimum atomic E-state index is -0.233. The third-order valence-electron chi connectivity index (χ3n) is 5.31. The van der Waals surface area contributed by atoms with Crippen LogP contribution in [0.15, 0.2) is 24.3 Å². The molecule has 26 heavy (non-hydrogen) atoms. The summed E-state index contributed by atoms with van der Waals surface area (Å²) in [6.07, 6.45) is 2.49. The predicted molar refractivity (Wildman–Crippen MR) is 104 cm³/mol. The first-order valence-corrected chi connectivity index (χ1v) is 9.37. The SMILES string of the molecule is CC1CCN(c2nc(N)c3c(n2)NC(=O)CC3c2ccccc2Cl)CC1. The average molecular weight is 372 g/mol. The highest BCUT2D eigenvalue weighted by molar-refractivity contribution is 6.31. The second-order valence-electron chi connectivity index (χ2n) is 7.17. The molecule has 7 heteroatoms. The normalized spacial score (nSPS) is 20.6. The second-order valence-corrected chi connectivity index (χ2v) is 7.57. The van der Waals surface area contributed by atoms with E-state index in [2.05, 4.69) is 27.1 Å². The molecular formula is C19H22ClN5O. The molecule has 0 spiro atoms. The minimum Gasteiger partial charge on any atom is -0.383 e. The fraction of sp³-hybridized carbons (Fsp3) is 0.421. The van der Waals surface area contributed by atoms with Crippen LogP contribution in [-0.2, 0) is 4.79 Å². The van der Waals surface area contributed by atoms with E-state index in [0.29, 0.717) is 28.5 Å². The van der Waals surface area contributed by atoms with Crippen LogP contribution >= 0.6 is 11.6 Å². The Hall–Kier alpha value is -2.34. The topological polar surface area (TPSA) is 84.1 Å². The van der Waals surface area contributed by atoms with Crippen molar-refractivity contribution in [3.63, 3.8) is 0 Å². The molecule has 2 aliphatic heterocycles. The van der Waals surface area contributed by atoms with Crippen LogP contribution in [-0.4, -0.2) is 29.0 Å². The monoisotopic (exact) mass is 371 g/mol. The van der Waals surface area contributed by atoms with Gasteiger partial charge in [0.05, 0.1) is 0 Å². The van der Waals surface area contributed by atoms with E-state index in [0.717, 1.165) is 37.1 Å². The highest BCUT2D eigenvalue weighted by Crippen LogP contribution is 2.42. The lowest BCUT2D eigenvalue weighted by Gasteiger charge is -2.32. The van der Waals surface area contributed by atoms with Gasteiger partial charge in [-0.1, -0.05) is 36.7 Å². The molecule has 1 amide bonds. The molecule has 2 aliphatic rings. The van der Waals surface area contributed by atoms with Crippen LogP contribution in [0.25, 0.3) is 0 Å². The smallest absolute Gasteiger partial charge is 0.229 e. The molecule has 1 fully saturated rings. The largest absolute Gasteiger partial charge is 0.383 e. The number of piperidine rings is 1. The fourth-order valence-corrected chi connectivity index (χ4v) is 4.02. The summed E-state index contributed by atoms with van der Waals surface area (Å²) in [5.41, 5.74) is 7.96. The Morgan fingerprint density at radius 2 is 1.96 bits per heavy atom. The third-order valence-corrected chi connectivity index (χ3v) is 5.65. The lowest BCUT2D eigenvalue weighted by Crippen LogP contribution is -2.35. The lowest BCUT2D eigenvalue weighted by molar-refractivity contribution is -0.116. The highest BCUT2D eigenvalue weighted by Gasteiger charge is 2.33. The number of rotatable bonds is 2. The van der Waals surface area contributed by atoms with Crippen molar-refractivity contribution < 1.29 is 4.79 Å². The molecule has 0 bridgehead atoms. The van der Waals surface area contributed by atoms with Gasteiger partial charge >= 0.3 is 0 Å². The number of nitrogens with one attached hydrogen (secondary N) is 1. The number of hydrogen-bond donors (Lipinski definition) is 2. The van der Waals surface area contributed by atoms with E-state index in [1.807, 2.05) is 24.3 Å². The Balaban J connectivity index is 1.75. The molecule has 0 radical (unpaired) electrons. The first-order valence-electron chi connectivity index (χ1n) is 8.99. The van der Waals surface area contributed by atoms with E-state index in [9.17, 15) is 4.79 Å². The molecule has 3 heterocycles. The molecule has 1 unspecified atom stereocenters. The zero-order valence-corrected chi connectivity index (χ0v) is 15.5. The number of aromatic nitrogens is 2. The maximum absolute atomic E-state index is 12.3. The molecule has 6 nitrogen and oxygen atoms in total. The van der Waals surface area contributed by atoms with Gasteiger partial charge in [-0.05, 0) is 30.4 Å². The van der Waals surface area contributed by atoms with Gasteiger partial charge in [0, 0.05) is 36.0 Å². The molecule has 4 rings (SSSR count). The van der Waals surface area contributed by atoms with Crippen LogP contribution in [0.4, 0.5) is 17.6 Å². The van der Waals surface area contributed by atoms with Crippen molar-refractivity contribution in [2.24, 2.45) is 5.92 Å². The van der Waals surface area contributed by atoms with Gasteiger partial charge in [0.25, 0.3) is 0 Å². The van der Waals surface area contributed by atoms with Gasteiger partial charge < -0.3 is 16.0 Å². The number of benzene rings is 1. The van der Waals surface area contributed by atoms with Gasteiger partial charge in [-0.2, -0.15) is 9.97 Å². The summed E-state index contributed by atoms with van der Waals surface area (Å²) < 4.78 is 0. The van der Waals surface area contributed by atoms with Crippen LogP contribution in [0.2, 0.25) is 5.02 Å². The van der Waals surface area contributed by atoms with Gasteiger partial charge in [-0.15, -0.1) is 0 Å². The van der Waals surface area contributed by atoms with Crippen molar-refractivity contribution in [2.75, 3.05) is 29.0 Å². The number of carbonyl (C=O) groups is 1. The van der Waals surface area contributed by atoms with E-state index in [1.165, 1.54) is 0 Å². The molecule has 136 valence electrons. The zero-order chi connectivity index (χ0) is 18.3. The quantitative estimate of drug-likeness (QED) is 0.844. The highest BCUT2D eigenvalue weighted by atomic mass is 35.5. The Labute approximate surface area is 157 Å². The first kappa shape index (κ1) is 17.1. The van der Waals surface area contributed by atoms with Crippen LogP contribution in [0.5, 0.6) is 0 Å². The zero-order valence-electron chi connectivity index (χ0n) is 14.7. The first-order chi connectivity index (χ1) is 12.5. The van der Waals surface area contributed by atoms with Crippen molar-refractivity contribution in [2.45, 2.75) is 32.1 Å². The van der Waals surface area contributed by atoms with Crippen molar-refractivity contribution in [3.05, 3.63) is 40.4 Å². The molecule has 0 saturated carbocycles. The van der Waals surface area contributed by atoms with Crippen molar-refractivity contribution >= 4 is 35.1 Å². The van der Waals surface area contributed by atoms with E-state index < -0.39 is 0 Å². The van der Waals surface area contributed by atoms with E-state index >= 15 is 0 Å². The summed E-state index contributed by atoms with van der Waals surface area (Å²) in [7, 11) is 0. The second kappa shape index (κ2) is 6.76. The van der Waals surface area contributed by atoms with Crippen LogP contribution < -0.4 is 16.0 Å². The summed E-state index contributed by atoms with van der Waals surface area (Å²) in [5.74, 6) is 1.90. The van der Waals surface area contributed by atoms with Gasteiger partial charge in [-0.25, -0.2) is 0 Å². The Bertz CT molecular complexity index is 848. The van der Waals surface area contributed by atoms with E-state index in [4.69, 9.17) is 17.3 Å². The number of anilines is 3. The maximum atomic E-state index is 12.3. The average Bonchev–Trinajstić information content (AvgIpc) is 2.61. The van der Waals surface area contributed by atoms with Crippen LogP contribution in [0, 0.1) is 5.92 Å². The Morgan fingerprint density at radius 3 is 2.69 bits per heavy atom. The molecule has 1 aromatic carbocycles. The van der Waals surface area contributed by atoms with Gasteiger partial charge in [-0.3, -0.25) is 4.79 Å². The number of nitrogen functional groups attached to an aromatic ring is 1. The molecule has 1 atom stereocenters. The fourth-order valence-electron chi connectivity index (χ4n) is 3.76. The van der Waals surface area contributed by atoms with Gasteiger partial charge in [0.15, 0.2) is 0 Å². The summed E-state index contributed by atoms with van der Waals surface area (Å²) in [4.78, 5) is 23.6. The number of halogens is 1. The lowest BCUT2D eigenvalue weighted by atomic mass is 9.86. The molecule has 1 saturated heterocycles. The number of hydrogen-bond acceptors (Lipinski definition) is 5. The summed E-state index contributed by atoms with van der Waals surface area (Å²) in [5, 5.41) is 3.49. The number of nitrogens with two attached hydrogens (primary N) is 1. The van der Waals surface area contributed by atoms with E-state index in [-0.39, 0.29) is 18.2 Å². The maximum Gasteiger partial charge on any atom is 0.229 e.